The third kappa shape index (κ3) is 3.54. The van der Waals surface area contributed by atoms with Gasteiger partial charge < -0.3 is 14.8 Å². The Bertz CT molecular complexity index is 907. The van der Waals surface area contributed by atoms with Crippen LogP contribution in [0, 0.1) is 5.92 Å². The van der Waals surface area contributed by atoms with Crippen molar-refractivity contribution >= 4 is 22.8 Å². The Hall–Kier alpha value is -2.82. The van der Waals surface area contributed by atoms with Gasteiger partial charge in [-0.3, -0.25) is 0 Å². The lowest BCUT2D eigenvalue weighted by Crippen LogP contribution is -2.31. The van der Waals surface area contributed by atoms with Gasteiger partial charge in [0, 0.05) is 19.3 Å². The first-order valence-electron chi connectivity index (χ1n) is 8.58. The Labute approximate surface area is 153 Å². The quantitative estimate of drug-likeness (QED) is 0.678. The Morgan fingerprint density at radius 1 is 1.30 bits per heavy atom. The van der Waals surface area contributed by atoms with Gasteiger partial charge in [0.15, 0.2) is 17.3 Å². The summed E-state index contributed by atoms with van der Waals surface area (Å²) in [6.07, 6.45) is 1.52. The van der Waals surface area contributed by atoms with Gasteiger partial charge in [-0.1, -0.05) is 0 Å². The highest BCUT2D eigenvalue weighted by Gasteiger charge is 2.34. The molecule has 1 saturated heterocycles. The molecule has 11 heteroatoms. The number of nitrogens with one attached hydrogen (secondary N) is 2. The molecule has 0 amide bonds. The summed E-state index contributed by atoms with van der Waals surface area (Å²) in [7, 11) is 1.52. The molecule has 3 aromatic rings. The minimum absolute atomic E-state index is 0.226. The van der Waals surface area contributed by atoms with E-state index in [1.807, 2.05) is 0 Å². The number of rotatable bonds is 6. The molecule has 4 heterocycles. The van der Waals surface area contributed by atoms with E-state index in [9.17, 15) is 8.78 Å². The summed E-state index contributed by atoms with van der Waals surface area (Å²) < 4.78 is 39.4. The van der Waals surface area contributed by atoms with Crippen LogP contribution in [-0.4, -0.2) is 56.7 Å². The highest BCUT2D eigenvalue weighted by atomic mass is 19.3. The number of fused-ring (bicyclic) bond motifs is 1. The van der Waals surface area contributed by atoms with Gasteiger partial charge in [0.25, 0.3) is 6.43 Å². The van der Waals surface area contributed by atoms with Crippen molar-refractivity contribution in [2.24, 2.45) is 5.92 Å². The fraction of sp³-hybridized carbons (Fsp3) is 0.500. The van der Waals surface area contributed by atoms with E-state index in [0.717, 1.165) is 0 Å². The molecule has 1 atom stereocenters. The van der Waals surface area contributed by atoms with Crippen LogP contribution in [-0.2, 0) is 4.74 Å². The SMILES string of the molecule is COc1cc(Nc2cnc3cnn([C@H](C(F)F)C4CCOCC4)c3n2)n[nH]1. The number of anilines is 2. The second-order valence-electron chi connectivity index (χ2n) is 6.27. The Kier molecular flexibility index (Phi) is 4.84. The van der Waals surface area contributed by atoms with Crippen LogP contribution in [0.25, 0.3) is 11.2 Å². The van der Waals surface area contributed by atoms with Gasteiger partial charge in [-0.25, -0.2) is 28.5 Å². The largest absolute Gasteiger partial charge is 0.481 e. The first kappa shape index (κ1) is 17.6. The molecule has 144 valence electrons. The van der Waals surface area contributed by atoms with Crippen molar-refractivity contribution in [1.29, 1.82) is 0 Å². The van der Waals surface area contributed by atoms with Crippen molar-refractivity contribution in [1.82, 2.24) is 29.9 Å². The second kappa shape index (κ2) is 7.43. The maximum Gasteiger partial charge on any atom is 0.261 e. The molecule has 9 nitrogen and oxygen atoms in total. The molecular weight excluding hydrogens is 360 g/mol. The van der Waals surface area contributed by atoms with Gasteiger partial charge in [0.2, 0.25) is 5.88 Å². The van der Waals surface area contributed by atoms with E-state index < -0.39 is 12.5 Å². The zero-order chi connectivity index (χ0) is 18.8. The molecule has 0 unspecified atom stereocenters. The lowest BCUT2D eigenvalue weighted by Gasteiger charge is -2.30. The van der Waals surface area contributed by atoms with Crippen LogP contribution in [0.2, 0.25) is 0 Å². The monoisotopic (exact) mass is 379 g/mol. The predicted molar refractivity (Wildman–Crippen MR) is 92.3 cm³/mol. The summed E-state index contributed by atoms with van der Waals surface area (Å²) in [5.41, 5.74) is 0.761. The summed E-state index contributed by atoms with van der Waals surface area (Å²) in [4.78, 5) is 8.70. The zero-order valence-electron chi connectivity index (χ0n) is 14.6. The Morgan fingerprint density at radius 3 is 2.81 bits per heavy atom. The summed E-state index contributed by atoms with van der Waals surface area (Å²) in [6, 6.07) is 0.578. The van der Waals surface area contributed by atoms with Crippen molar-refractivity contribution in [3.05, 3.63) is 18.5 Å². The lowest BCUT2D eigenvalue weighted by atomic mass is 9.92. The van der Waals surface area contributed by atoms with Crippen LogP contribution < -0.4 is 10.1 Å². The van der Waals surface area contributed by atoms with Crippen molar-refractivity contribution in [2.75, 3.05) is 25.6 Å². The predicted octanol–water partition coefficient (Wildman–Crippen LogP) is 2.53. The van der Waals surface area contributed by atoms with E-state index in [4.69, 9.17) is 9.47 Å². The number of hydrogen-bond donors (Lipinski definition) is 2. The number of aromatic nitrogens is 6. The third-order valence-corrected chi connectivity index (χ3v) is 4.62. The number of methoxy groups -OCH3 is 1. The van der Waals surface area contributed by atoms with Gasteiger partial charge in [0.05, 0.1) is 19.5 Å². The molecule has 3 aromatic heterocycles. The molecule has 0 saturated carbocycles. The highest BCUT2D eigenvalue weighted by molar-refractivity contribution is 5.72. The Morgan fingerprint density at radius 2 is 2.11 bits per heavy atom. The van der Waals surface area contributed by atoms with Gasteiger partial charge in [-0.05, 0) is 18.8 Å². The van der Waals surface area contributed by atoms with Crippen LogP contribution in [0.1, 0.15) is 18.9 Å². The van der Waals surface area contributed by atoms with Crippen LogP contribution in [0.15, 0.2) is 18.5 Å². The molecule has 4 rings (SSSR count). The first-order chi connectivity index (χ1) is 13.2. The van der Waals surface area contributed by atoms with Crippen LogP contribution in [0.3, 0.4) is 0 Å². The van der Waals surface area contributed by atoms with E-state index in [1.165, 1.54) is 24.2 Å². The first-order valence-corrected chi connectivity index (χ1v) is 8.58. The molecule has 0 spiro atoms. The van der Waals surface area contributed by atoms with Gasteiger partial charge in [0.1, 0.15) is 11.6 Å². The average molecular weight is 379 g/mol. The normalized spacial score (nSPS) is 16.7. The molecule has 0 aliphatic carbocycles. The van der Waals surface area contributed by atoms with E-state index in [1.54, 1.807) is 6.07 Å². The lowest BCUT2D eigenvalue weighted by molar-refractivity contribution is -0.00705. The minimum atomic E-state index is -2.56. The maximum atomic E-state index is 13.9. The fourth-order valence-corrected chi connectivity index (χ4v) is 3.27. The van der Waals surface area contributed by atoms with Crippen LogP contribution in [0.5, 0.6) is 5.88 Å². The molecule has 0 aromatic carbocycles. The van der Waals surface area contributed by atoms with Crippen LogP contribution >= 0.6 is 0 Å². The molecule has 0 bridgehead atoms. The van der Waals surface area contributed by atoms with Gasteiger partial charge >= 0.3 is 0 Å². The third-order valence-electron chi connectivity index (χ3n) is 4.62. The van der Waals surface area contributed by atoms with Crippen LogP contribution in [0.4, 0.5) is 20.4 Å². The van der Waals surface area contributed by atoms with E-state index in [2.05, 4.69) is 30.6 Å². The Balaban J connectivity index is 1.66. The second-order valence-corrected chi connectivity index (χ2v) is 6.27. The molecule has 1 fully saturated rings. The molecule has 0 radical (unpaired) electrons. The maximum absolute atomic E-state index is 13.9. The average Bonchev–Trinajstić information content (AvgIpc) is 3.30. The van der Waals surface area contributed by atoms with E-state index >= 15 is 0 Å². The standard InChI is InChI=1S/C16H19F2N7O2/c1-26-13-6-11(23-24-13)21-12-8-19-10-7-20-25(16(10)22-12)14(15(17)18)9-2-4-27-5-3-9/h6-9,14-15H,2-5H2,1H3,(H2,21,22,23,24)/t14-/m0/s1. The van der Waals surface area contributed by atoms with Gasteiger partial charge in [-0.2, -0.15) is 10.2 Å². The fourth-order valence-electron chi connectivity index (χ4n) is 3.27. The zero-order valence-corrected chi connectivity index (χ0v) is 14.6. The number of hydrogen-bond acceptors (Lipinski definition) is 7. The number of H-pyrrole nitrogens is 1. The number of ether oxygens (including phenoxy) is 2. The smallest absolute Gasteiger partial charge is 0.261 e. The number of nitrogens with zero attached hydrogens (tertiary/aromatic N) is 5. The summed E-state index contributed by atoms with van der Waals surface area (Å²) >= 11 is 0. The molecule has 1 aliphatic heterocycles. The molecule has 27 heavy (non-hydrogen) atoms. The number of aromatic amines is 1. The molecule has 2 N–H and O–H groups in total. The van der Waals surface area contributed by atoms with Crippen molar-refractivity contribution in [2.45, 2.75) is 25.3 Å². The van der Waals surface area contributed by atoms with E-state index in [-0.39, 0.29) is 5.92 Å². The van der Waals surface area contributed by atoms with Gasteiger partial charge in [-0.15, -0.1) is 0 Å². The van der Waals surface area contributed by atoms with Crippen molar-refractivity contribution in [3.8, 4) is 5.88 Å². The highest BCUT2D eigenvalue weighted by Crippen LogP contribution is 2.34. The number of alkyl halides is 2. The van der Waals surface area contributed by atoms with Crippen molar-refractivity contribution in [3.63, 3.8) is 0 Å². The number of halogens is 2. The summed E-state index contributed by atoms with van der Waals surface area (Å²) in [5, 5.41) is 13.8. The topological polar surface area (TPSA) is 103 Å². The molecule has 1 aliphatic rings. The minimum Gasteiger partial charge on any atom is -0.481 e. The van der Waals surface area contributed by atoms with Crippen molar-refractivity contribution < 1.29 is 18.3 Å². The summed E-state index contributed by atoms with van der Waals surface area (Å²) in [6.45, 7) is 0.957. The summed E-state index contributed by atoms with van der Waals surface area (Å²) in [5.74, 6) is 1.10. The van der Waals surface area contributed by atoms with E-state index in [0.29, 0.717) is 54.7 Å². The molecular formula is C16H19F2N7O2.